The lowest BCUT2D eigenvalue weighted by molar-refractivity contribution is -0.149. The van der Waals surface area contributed by atoms with Crippen LogP contribution in [-0.2, 0) is 23.9 Å². The molecule has 0 spiro atoms. The van der Waals surface area contributed by atoms with Gasteiger partial charge in [-0.3, -0.25) is 14.4 Å². The Kier molecular flexibility index (Phi) is 10.1. The van der Waals surface area contributed by atoms with Gasteiger partial charge in [0.25, 0.3) is 0 Å². The van der Waals surface area contributed by atoms with Crippen LogP contribution in [0.5, 0.6) is 0 Å². The molecule has 0 heterocycles. The molecule has 0 aliphatic heterocycles. The molecule has 1 aromatic rings. The van der Waals surface area contributed by atoms with Gasteiger partial charge in [0.1, 0.15) is 24.2 Å². The number of nitrogens with zero attached hydrogens (tertiary/aromatic N) is 1. The van der Waals surface area contributed by atoms with Gasteiger partial charge in [-0.1, -0.05) is 36.8 Å². The SMILES string of the molecule is CCC(C)(C)N(C(=O)C(C)NC(=O)OC(C)(C)C)C(C(=O)NCC(=O)OC)c1cccc(C)c1. The van der Waals surface area contributed by atoms with E-state index in [-0.39, 0.29) is 6.54 Å². The maximum absolute atomic E-state index is 13.7. The van der Waals surface area contributed by atoms with E-state index in [0.29, 0.717) is 12.0 Å². The molecule has 1 rings (SSSR count). The van der Waals surface area contributed by atoms with Crippen molar-refractivity contribution in [2.75, 3.05) is 13.7 Å². The number of carbonyl (C=O) groups excluding carboxylic acids is 4. The molecular weight excluding hydrogens is 438 g/mol. The third kappa shape index (κ3) is 8.35. The van der Waals surface area contributed by atoms with Crippen molar-refractivity contribution < 1.29 is 28.7 Å². The summed E-state index contributed by atoms with van der Waals surface area (Å²) >= 11 is 0. The second kappa shape index (κ2) is 11.9. The number of rotatable bonds is 9. The Hall–Kier alpha value is -3.10. The van der Waals surface area contributed by atoms with Crippen molar-refractivity contribution in [2.24, 2.45) is 0 Å². The molecule has 1 aromatic carbocycles. The monoisotopic (exact) mass is 477 g/mol. The lowest BCUT2D eigenvalue weighted by Gasteiger charge is -2.44. The van der Waals surface area contributed by atoms with Gasteiger partial charge in [-0.05, 0) is 60.5 Å². The van der Waals surface area contributed by atoms with Gasteiger partial charge in [0.2, 0.25) is 11.8 Å². The summed E-state index contributed by atoms with van der Waals surface area (Å²) in [4.78, 5) is 52.6. The molecule has 0 bridgehead atoms. The van der Waals surface area contributed by atoms with Gasteiger partial charge in [-0.2, -0.15) is 0 Å². The number of methoxy groups -OCH3 is 1. The fourth-order valence-corrected chi connectivity index (χ4v) is 3.29. The summed E-state index contributed by atoms with van der Waals surface area (Å²) in [5, 5.41) is 5.14. The molecule has 9 nitrogen and oxygen atoms in total. The van der Waals surface area contributed by atoms with Crippen molar-refractivity contribution in [3.63, 3.8) is 0 Å². The van der Waals surface area contributed by atoms with Crippen molar-refractivity contribution in [3.8, 4) is 0 Å². The quantitative estimate of drug-likeness (QED) is 0.528. The molecule has 9 heteroatoms. The standard InChI is InChI=1S/C25H39N3O6/c1-10-25(7,8)28(22(31)17(3)27-23(32)34-24(4,5)6)20(18-13-11-12-16(2)14-18)21(30)26-15-19(29)33-9/h11-14,17,20H,10,15H2,1-9H3,(H,26,30)(H,27,32). The average Bonchev–Trinajstić information content (AvgIpc) is 2.73. The number of hydrogen-bond donors (Lipinski definition) is 2. The van der Waals surface area contributed by atoms with Crippen molar-refractivity contribution >= 4 is 23.9 Å². The summed E-state index contributed by atoms with van der Waals surface area (Å²) < 4.78 is 9.91. The first-order valence-electron chi connectivity index (χ1n) is 11.4. The summed E-state index contributed by atoms with van der Waals surface area (Å²) in [6, 6.07) is 5.25. The molecule has 0 fully saturated rings. The summed E-state index contributed by atoms with van der Waals surface area (Å²) in [5.41, 5.74) is -0.00274. The minimum absolute atomic E-state index is 0.335. The Bertz CT molecular complexity index is 891. The fraction of sp³-hybridized carbons (Fsp3) is 0.600. The molecule has 2 N–H and O–H groups in total. The van der Waals surface area contributed by atoms with E-state index in [0.717, 1.165) is 5.56 Å². The minimum atomic E-state index is -1.05. The number of aryl methyl sites for hydroxylation is 1. The Balaban J connectivity index is 3.44. The molecule has 3 amide bonds. The highest BCUT2D eigenvalue weighted by atomic mass is 16.6. The number of amides is 3. The largest absolute Gasteiger partial charge is 0.468 e. The van der Waals surface area contributed by atoms with Crippen LogP contribution in [0.15, 0.2) is 24.3 Å². The maximum Gasteiger partial charge on any atom is 0.408 e. The van der Waals surface area contributed by atoms with Gasteiger partial charge in [0.15, 0.2) is 0 Å². The molecule has 2 unspecified atom stereocenters. The van der Waals surface area contributed by atoms with E-state index in [1.165, 1.54) is 12.0 Å². The van der Waals surface area contributed by atoms with Crippen molar-refractivity contribution in [3.05, 3.63) is 35.4 Å². The highest BCUT2D eigenvalue weighted by Gasteiger charge is 2.42. The number of nitrogens with one attached hydrogen (secondary N) is 2. The molecule has 0 aliphatic carbocycles. The zero-order chi connectivity index (χ0) is 26.3. The normalized spacial score (nSPS) is 13.3. The lowest BCUT2D eigenvalue weighted by Crippen LogP contribution is -2.58. The molecule has 34 heavy (non-hydrogen) atoms. The van der Waals surface area contributed by atoms with Gasteiger partial charge in [-0.25, -0.2) is 4.79 Å². The number of esters is 1. The molecular formula is C25H39N3O6. The average molecular weight is 478 g/mol. The molecule has 2 atom stereocenters. The first-order valence-corrected chi connectivity index (χ1v) is 11.4. The zero-order valence-electron chi connectivity index (χ0n) is 21.8. The van der Waals surface area contributed by atoms with Gasteiger partial charge >= 0.3 is 12.1 Å². The molecule has 0 aliphatic rings. The van der Waals surface area contributed by atoms with Gasteiger partial charge in [0, 0.05) is 5.54 Å². The Morgan fingerprint density at radius 3 is 2.21 bits per heavy atom. The van der Waals surface area contributed by atoms with Crippen LogP contribution < -0.4 is 10.6 Å². The molecule has 0 aromatic heterocycles. The van der Waals surface area contributed by atoms with Crippen LogP contribution in [-0.4, -0.2) is 59.6 Å². The Labute approximate surface area is 202 Å². The minimum Gasteiger partial charge on any atom is -0.468 e. The second-order valence-electron chi connectivity index (χ2n) is 9.85. The Morgan fingerprint density at radius 2 is 1.71 bits per heavy atom. The molecule has 190 valence electrons. The molecule has 0 radical (unpaired) electrons. The van der Waals surface area contributed by atoms with E-state index in [4.69, 9.17) is 4.74 Å². The highest BCUT2D eigenvalue weighted by Crippen LogP contribution is 2.32. The maximum atomic E-state index is 13.7. The van der Waals surface area contributed by atoms with Crippen LogP contribution in [0.2, 0.25) is 0 Å². The van der Waals surface area contributed by atoms with Gasteiger partial charge in [-0.15, -0.1) is 0 Å². The van der Waals surface area contributed by atoms with Crippen LogP contribution in [0.1, 0.15) is 72.1 Å². The smallest absolute Gasteiger partial charge is 0.408 e. The number of alkyl carbamates (subject to hydrolysis) is 1. The highest BCUT2D eigenvalue weighted by molar-refractivity contribution is 5.93. The van der Waals surface area contributed by atoms with E-state index in [1.54, 1.807) is 39.8 Å². The molecule has 0 saturated heterocycles. The van der Waals surface area contributed by atoms with E-state index in [1.807, 2.05) is 39.8 Å². The van der Waals surface area contributed by atoms with E-state index in [9.17, 15) is 19.2 Å². The van der Waals surface area contributed by atoms with E-state index in [2.05, 4.69) is 15.4 Å². The summed E-state index contributed by atoms with van der Waals surface area (Å²) in [5.74, 6) is -1.60. The fourth-order valence-electron chi connectivity index (χ4n) is 3.29. The van der Waals surface area contributed by atoms with Crippen LogP contribution in [0.25, 0.3) is 0 Å². The number of carbonyl (C=O) groups is 4. The van der Waals surface area contributed by atoms with Crippen molar-refractivity contribution in [1.29, 1.82) is 0 Å². The first-order chi connectivity index (χ1) is 15.6. The van der Waals surface area contributed by atoms with Gasteiger partial charge in [0.05, 0.1) is 7.11 Å². The van der Waals surface area contributed by atoms with E-state index < -0.39 is 47.1 Å². The number of benzene rings is 1. The number of ether oxygens (including phenoxy) is 2. The van der Waals surface area contributed by atoms with Crippen LogP contribution in [0.4, 0.5) is 4.79 Å². The van der Waals surface area contributed by atoms with E-state index >= 15 is 0 Å². The van der Waals surface area contributed by atoms with Crippen molar-refractivity contribution in [2.45, 2.75) is 85.0 Å². The second-order valence-corrected chi connectivity index (χ2v) is 9.85. The number of hydrogen-bond acceptors (Lipinski definition) is 6. The van der Waals surface area contributed by atoms with Crippen LogP contribution in [0.3, 0.4) is 0 Å². The lowest BCUT2D eigenvalue weighted by atomic mass is 9.91. The van der Waals surface area contributed by atoms with Crippen molar-refractivity contribution in [1.82, 2.24) is 15.5 Å². The van der Waals surface area contributed by atoms with Gasteiger partial charge < -0.3 is 25.0 Å². The first kappa shape index (κ1) is 28.9. The summed E-state index contributed by atoms with van der Waals surface area (Å²) in [7, 11) is 1.23. The Morgan fingerprint density at radius 1 is 1.09 bits per heavy atom. The van der Waals surface area contributed by atoms with Crippen LogP contribution >= 0.6 is 0 Å². The third-order valence-electron chi connectivity index (χ3n) is 5.36. The zero-order valence-corrected chi connectivity index (χ0v) is 21.8. The third-order valence-corrected chi connectivity index (χ3v) is 5.36. The summed E-state index contributed by atoms with van der Waals surface area (Å²) in [6.45, 7) is 13.9. The predicted octanol–water partition coefficient (Wildman–Crippen LogP) is 3.26. The topological polar surface area (TPSA) is 114 Å². The predicted molar refractivity (Wildman–Crippen MR) is 129 cm³/mol. The molecule has 0 saturated carbocycles. The van der Waals surface area contributed by atoms with Crippen LogP contribution in [0, 0.1) is 6.92 Å². The summed E-state index contributed by atoms with van der Waals surface area (Å²) in [6.07, 6.45) is -0.199.